The number of aryl methyl sites for hydroxylation is 1. The van der Waals surface area contributed by atoms with Gasteiger partial charge < -0.3 is 11.1 Å². The molecule has 8 nitrogen and oxygen atoms in total. The highest BCUT2D eigenvalue weighted by atomic mass is 16.6. The fourth-order valence-corrected chi connectivity index (χ4v) is 1.31. The minimum absolute atomic E-state index is 0.00152. The maximum absolute atomic E-state index is 11.5. The summed E-state index contributed by atoms with van der Waals surface area (Å²) in [6.07, 6.45) is 3.64. The summed E-state index contributed by atoms with van der Waals surface area (Å²) in [6.45, 7) is 2.95. The van der Waals surface area contributed by atoms with Gasteiger partial charge in [0.25, 0.3) is 5.91 Å². The molecular weight excluding hydrogens is 224 g/mol. The van der Waals surface area contributed by atoms with Crippen molar-refractivity contribution in [2.45, 2.75) is 13.5 Å². The van der Waals surface area contributed by atoms with Gasteiger partial charge in [-0.2, -0.15) is 5.10 Å². The predicted octanol–water partition coefficient (Wildman–Crippen LogP) is -0.413. The van der Waals surface area contributed by atoms with E-state index in [1.165, 1.54) is 0 Å². The standard InChI is InChI=1S/C9H12N6O2/c1-6-4-12-15(5-6)3-2-11-9(16)7-8(10)14-17-13-7/h4-5H,2-3H2,1H3,(H2,10,14)(H,11,16). The van der Waals surface area contributed by atoms with Crippen molar-refractivity contribution in [2.75, 3.05) is 12.3 Å². The molecule has 1 amide bonds. The number of carbonyl (C=O) groups excluding carboxylic acids is 1. The average molecular weight is 236 g/mol. The maximum Gasteiger partial charge on any atom is 0.277 e. The number of nitrogens with zero attached hydrogens (tertiary/aromatic N) is 4. The number of amides is 1. The molecule has 3 N–H and O–H groups in total. The minimum atomic E-state index is -0.410. The number of nitrogens with one attached hydrogen (secondary N) is 1. The van der Waals surface area contributed by atoms with Gasteiger partial charge in [0.2, 0.25) is 11.5 Å². The third-order valence-corrected chi connectivity index (χ3v) is 2.12. The van der Waals surface area contributed by atoms with E-state index in [9.17, 15) is 4.79 Å². The molecule has 90 valence electrons. The second-order valence-electron chi connectivity index (χ2n) is 3.53. The van der Waals surface area contributed by atoms with E-state index in [4.69, 9.17) is 5.73 Å². The monoisotopic (exact) mass is 236 g/mol. The van der Waals surface area contributed by atoms with Crippen LogP contribution >= 0.6 is 0 Å². The van der Waals surface area contributed by atoms with Crippen molar-refractivity contribution < 1.29 is 9.42 Å². The molecule has 0 fully saturated rings. The Kier molecular flexibility index (Phi) is 3.03. The molecule has 0 aliphatic rings. The minimum Gasteiger partial charge on any atom is -0.379 e. The van der Waals surface area contributed by atoms with Crippen LogP contribution < -0.4 is 11.1 Å². The van der Waals surface area contributed by atoms with Gasteiger partial charge in [0.15, 0.2) is 0 Å². The molecule has 0 aliphatic carbocycles. The Morgan fingerprint density at radius 1 is 1.59 bits per heavy atom. The Hall–Kier alpha value is -2.38. The molecule has 0 atom stereocenters. The fourth-order valence-electron chi connectivity index (χ4n) is 1.31. The van der Waals surface area contributed by atoms with Crippen LogP contribution in [0.2, 0.25) is 0 Å². The lowest BCUT2D eigenvalue weighted by molar-refractivity contribution is 0.0942. The molecule has 17 heavy (non-hydrogen) atoms. The van der Waals surface area contributed by atoms with E-state index >= 15 is 0 Å². The zero-order chi connectivity index (χ0) is 12.3. The first-order chi connectivity index (χ1) is 8.16. The summed E-state index contributed by atoms with van der Waals surface area (Å²) in [6, 6.07) is 0. The lowest BCUT2D eigenvalue weighted by Crippen LogP contribution is -2.28. The molecule has 0 saturated carbocycles. The van der Waals surface area contributed by atoms with Gasteiger partial charge in [0.05, 0.1) is 12.7 Å². The number of rotatable bonds is 4. The average Bonchev–Trinajstić information content (AvgIpc) is 2.87. The lowest BCUT2D eigenvalue weighted by Gasteiger charge is -2.02. The Bertz CT molecular complexity index is 517. The summed E-state index contributed by atoms with van der Waals surface area (Å²) in [4.78, 5) is 11.5. The van der Waals surface area contributed by atoms with Crippen LogP contribution in [0.1, 0.15) is 16.1 Å². The van der Waals surface area contributed by atoms with E-state index in [2.05, 4.69) is 25.4 Å². The Morgan fingerprint density at radius 3 is 3.00 bits per heavy atom. The smallest absolute Gasteiger partial charge is 0.277 e. The first kappa shape index (κ1) is 11.1. The summed E-state index contributed by atoms with van der Waals surface area (Å²) in [5, 5.41) is 13.4. The number of anilines is 1. The molecule has 2 rings (SSSR count). The van der Waals surface area contributed by atoms with Gasteiger partial charge in [-0.15, -0.1) is 0 Å². The third kappa shape index (κ3) is 2.60. The zero-order valence-corrected chi connectivity index (χ0v) is 9.25. The van der Waals surface area contributed by atoms with Crippen LogP contribution in [-0.4, -0.2) is 32.5 Å². The first-order valence-corrected chi connectivity index (χ1v) is 5.02. The highest BCUT2D eigenvalue weighted by molar-refractivity contribution is 5.95. The first-order valence-electron chi connectivity index (χ1n) is 5.02. The number of hydrogen-bond acceptors (Lipinski definition) is 6. The summed E-state index contributed by atoms with van der Waals surface area (Å²) in [5.41, 5.74) is 6.45. The fraction of sp³-hybridized carbons (Fsp3) is 0.333. The van der Waals surface area contributed by atoms with E-state index < -0.39 is 5.91 Å². The Morgan fingerprint density at radius 2 is 2.41 bits per heavy atom. The van der Waals surface area contributed by atoms with Gasteiger partial charge in [0.1, 0.15) is 0 Å². The molecule has 0 aliphatic heterocycles. The van der Waals surface area contributed by atoms with Crippen LogP contribution in [0.3, 0.4) is 0 Å². The van der Waals surface area contributed by atoms with E-state index in [1.54, 1.807) is 10.9 Å². The van der Waals surface area contributed by atoms with E-state index in [-0.39, 0.29) is 11.5 Å². The lowest BCUT2D eigenvalue weighted by atomic mass is 10.4. The van der Waals surface area contributed by atoms with Gasteiger partial charge >= 0.3 is 0 Å². The van der Waals surface area contributed by atoms with Crippen molar-refractivity contribution in [2.24, 2.45) is 0 Å². The van der Waals surface area contributed by atoms with Crippen LogP contribution in [0.25, 0.3) is 0 Å². The number of hydrogen-bond donors (Lipinski definition) is 2. The maximum atomic E-state index is 11.5. The zero-order valence-electron chi connectivity index (χ0n) is 9.25. The SMILES string of the molecule is Cc1cnn(CCNC(=O)c2nonc2N)c1. The van der Waals surface area contributed by atoms with Crippen LogP contribution in [0, 0.1) is 6.92 Å². The molecule has 2 aromatic rings. The van der Waals surface area contributed by atoms with Gasteiger partial charge in [-0.1, -0.05) is 0 Å². The highest BCUT2D eigenvalue weighted by Crippen LogP contribution is 2.02. The normalized spacial score (nSPS) is 10.4. The van der Waals surface area contributed by atoms with Crippen molar-refractivity contribution in [1.29, 1.82) is 0 Å². The van der Waals surface area contributed by atoms with Crippen molar-refractivity contribution in [1.82, 2.24) is 25.4 Å². The highest BCUT2D eigenvalue weighted by Gasteiger charge is 2.14. The topological polar surface area (TPSA) is 112 Å². The molecule has 0 aromatic carbocycles. The number of aromatic nitrogens is 4. The molecule has 0 unspecified atom stereocenters. The molecule has 2 heterocycles. The molecule has 0 saturated heterocycles. The summed E-state index contributed by atoms with van der Waals surface area (Å²) in [5.74, 6) is -0.426. The summed E-state index contributed by atoms with van der Waals surface area (Å²) in [7, 11) is 0. The Balaban J connectivity index is 1.83. The summed E-state index contributed by atoms with van der Waals surface area (Å²) < 4.78 is 6.07. The second-order valence-corrected chi connectivity index (χ2v) is 3.53. The van der Waals surface area contributed by atoms with Gasteiger partial charge in [0, 0.05) is 12.7 Å². The molecule has 8 heteroatoms. The molecule has 0 radical (unpaired) electrons. The number of nitrogens with two attached hydrogens (primary N) is 1. The Labute approximate surface area is 96.7 Å². The molecule has 0 bridgehead atoms. The van der Waals surface area contributed by atoms with Crippen molar-refractivity contribution >= 4 is 11.7 Å². The van der Waals surface area contributed by atoms with Crippen LogP contribution in [-0.2, 0) is 6.54 Å². The van der Waals surface area contributed by atoms with Crippen molar-refractivity contribution in [3.05, 3.63) is 23.7 Å². The van der Waals surface area contributed by atoms with Crippen LogP contribution in [0.5, 0.6) is 0 Å². The van der Waals surface area contributed by atoms with E-state index in [0.717, 1.165) is 5.56 Å². The largest absolute Gasteiger partial charge is 0.379 e. The quantitative estimate of drug-likeness (QED) is 0.746. The van der Waals surface area contributed by atoms with E-state index in [1.807, 2.05) is 13.1 Å². The van der Waals surface area contributed by atoms with Gasteiger partial charge in [-0.3, -0.25) is 9.48 Å². The molecule has 0 spiro atoms. The van der Waals surface area contributed by atoms with E-state index in [0.29, 0.717) is 13.1 Å². The third-order valence-electron chi connectivity index (χ3n) is 2.12. The predicted molar refractivity (Wildman–Crippen MR) is 58.0 cm³/mol. The molecular formula is C9H12N6O2. The second kappa shape index (κ2) is 4.64. The van der Waals surface area contributed by atoms with Gasteiger partial charge in [-0.05, 0) is 22.8 Å². The van der Waals surface area contributed by atoms with Crippen LogP contribution in [0.4, 0.5) is 5.82 Å². The van der Waals surface area contributed by atoms with Crippen molar-refractivity contribution in [3.8, 4) is 0 Å². The number of nitrogen functional groups attached to an aromatic ring is 1. The van der Waals surface area contributed by atoms with Crippen LogP contribution in [0.15, 0.2) is 17.0 Å². The summed E-state index contributed by atoms with van der Waals surface area (Å²) >= 11 is 0. The van der Waals surface area contributed by atoms with Gasteiger partial charge in [-0.25, -0.2) is 4.63 Å². The molecule has 2 aromatic heterocycles. The number of carbonyl (C=O) groups is 1. The van der Waals surface area contributed by atoms with Crippen molar-refractivity contribution in [3.63, 3.8) is 0 Å².